The molecule has 3 atom stereocenters. The first kappa shape index (κ1) is 23.1. The van der Waals surface area contributed by atoms with Crippen LogP contribution in [0.25, 0.3) is 0 Å². The van der Waals surface area contributed by atoms with E-state index in [1.54, 1.807) is 11.0 Å². The van der Waals surface area contributed by atoms with Crippen molar-refractivity contribution in [2.75, 3.05) is 24.5 Å². The van der Waals surface area contributed by atoms with Gasteiger partial charge in [0.05, 0.1) is 12.0 Å². The Labute approximate surface area is 199 Å². The zero-order chi connectivity index (χ0) is 24.0. The number of rotatable bonds is 6. The molecule has 5 aliphatic rings. The lowest BCUT2D eigenvalue weighted by molar-refractivity contribution is -0.141. The largest absolute Gasteiger partial charge is 0.481 e. The van der Waals surface area contributed by atoms with Crippen molar-refractivity contribution < 1.29 is 24.6 Å². The lowest BCUT2D eigenvalue weighted by Gasteiger charge is -2.58. The van der Waals surface area contributed by atoms with Crippen molar-refractivity contribution in [2.45, 2.75) is 69.6 Å². The van der Waals surface area contributed by atoms with Crippen LogP contribution < -0.4 is 10.2 Å². The zero-order valence-electron chi connectivity index (χ0n) is 19.7. The van der Waals surface area contributed by atoms with Gasteiger partial charge in [0.15, 0.2) is 0 Å². The molecule has 3 unspecified atom stereocenters. The van der Waals surface area contributed by atoms with Crippen molar-refractivity contribution in [3.63, 3.8) is 0 Å². The zero-order valence-corrected chi connectivity index (χ0v) is 19.7. The van der Waals surface area contributed by atoms with Gasteiger partial charge in [-0.15, -0.1) is 0 Å². The van der Waals surface area contributed by atoms with Crippen molar-refractivity contribution in [3.8, 4) is 0 Å². The number of aromatic nitrogens is 1. The summed E-state index contributed by atoms with van der Waals surface area (Å²) in [4.78, 5) is 44.7. The summed E-state index contributed by atoms with van der Waals surface area (Å²) in [5, 5.41) is 22.9. The van der Waals surface area contributed by atoms with Crippen LogP contribution in [-0.2, 0) is 9.59 Å². The number of hydrogen-bond acceptors (Lipinski definition) is 6. The van der Waals surface area contributed by atoms with Gasteiger partial charge in [-0.05, 0) is 68.9 Å². The Morgan fingerprint density at radius 3 is 2.50 bits per heavy atom. The first-order chi connectivity index (χ1) is 16.2. The minimum absolute atomic E-state index is 0.00138. The number of anilines is 1. The van der Waals surface area contributed by atoms with Crippen molar-refractivity contribution in [2.24, 2.45) is 17.8 Å². The SMILES string of the molecule is CC1CN(C(=O)CCC(=O)O)CCN1c1cccc(C(=O)NC2C3CC4CC2CC(O)(C4)C3)n1. The van der Waals surface area contributed by atoms with E-state index in [0.717, 1.165) is 32.1 Å². The summed E-state index contributed by atoms with van der Waals surface area (Å²) in [6.07, 6.45) is 4.51. The Morgan fingerprint density at radius 1 is 1.12 bits per heavy atom. The maximum absolute atomic E-state index is 13.1. The Kier molecular flexibility index (Phi) is 6.00. The summed E-state index contributed by atoms with van der Waals surface area (Å²) in [7, 11) is 0. The van der Waals surface area contributed by atoms with Gasteiger partial charge in [0.1, 0.15) is 11.5 Å². The Morgan fingerprint density at radius 2 is 1.85 bits per heavy atom. The van der Waals surface area contributed by atoms with E-state index in [-0.39, 0.29) is 36.7 Å². The van der Waals surface area contributed by atoms with E-state index in [1.807, 2.05) is 19.1 Å². The minimum atomic E-state index is -0.969. The van der Waals surface area contributed by atoms with Crippen LogP contribution >= 0.6 is 0 Å². The predicted octanol–water partition coefficient (Wildman–Crippen LogP) is 1.65. The molecule has 9 heteroatoms. The maximum atomic E-state index is 13.1. The molecule has 34 heavy (non-hydrogen) atoms. The number of aliphatic hydroxyl groups is 1. The van der Waals surface area contributed by atoms with Crippen LogP contribution in [-0.4, -0.2) is 75.2 Å². The molecule has 3 N–H and O–H groups in total. The van der Waals surface area contributed by atoms with Crippen LogP contribution in [0, 0.1) is 17.8 Å². The smallest absolute Gasteiger partial charge is 0.303 e. The average molecular weight is 471 g/mol. The van der Waals surface area contributed by atoms with Crippen LogP contribution in [0.2, 0.25) is 0 Å². The van der Waals surface area contributed by atoms with E-state index in [0.29, 0.717) is 48.9 Å². The van der Waals surface area contributed by atoms with Crippen molar-refractivity contribution in [1.29, 1.82) is 0 Å². The normalized spacial score (nSPS) is 34.2. The third kappa shape index (κ3) is 4.50. The predicted molar refractivity (Wildman–Crippen MR) is 124 cm³/mol. The standard InChI is InChI=1S/C25H34N4O5/c1-15-14-28(21(30)5-6-22(31)32)7-8-29(15)20-4-2-3-19(26-20)24(33)27-23-17-9-16-10-18(23)13-25(34,11-16)12-17/h2-4,15-18,23,34H,5-14H2,1H3,(H,27,33)(H,31,32). The molecule has 184 valence electrons. The molecule has 0 aromatic carbocycles. The van der Waals surface area contributed by atoms with Crippen LogP contribution in [0.5, 0.6) is 0 Å². The quantitative estimate of drug-likeness (QED) is 0.578. The van der Waals surface area contributed by atoms with E-state index >= 15 is 0 Å². The highest BCUT2D eigenvalue weighted by Gasteiger charge is 2.55. The number of aliphatic carboxylic acids is 1. The molecule has 1 aliphatic heterocycles. The fraction of sp³-hybridized carbons (Fsp3) is 0.680. The van der Waals surface area contributed by atoms with Crippen LogP contribution in [0.3, 0.4) is 0 Å². The molecule has 0 radical (unpaired) electrons. The molecule has 4 aliphatic carbocycles. The number of pyridine rings is 1. The monoisotopic (exact) mass is 470 g/mol. The summed E-state index contributed by atoms with van der Waals surface area (Å²) in [6.45, 7) is 3.57. The van der Waals surface area contributed by atoms with Crippen LogP contribution in [0.15, 0.2) is 18.2 Å². The van der Waals surface area contributed by atoms with Crippen molar-refractivity contribution in [3.05, 3.63) is 23.9 Å². The van der Waals surface area contributed by atoms with E-state index in [4.69, 9.17) is 5.11 Å². The topological polar surface area (TPSA) is 123 Å². The number of carboxylic acid groups (broad SMARTS) is 1. The third-order valence-electron chi connectivity index (χ3n) is 8.33. The molecule has 2 heterocycles. The summed E-state index contributed by atoms with van der Waals surface area (Å²) < 4.78 is 0. The van der Waals surface area contributed by atoms with Gasteiger partial charge >= 0.3 is 5.97 Å². The highest BCUT2D eigenvalue weighted by molar-refractivity contribution is 5.93. The van der Waals surface area contributed by atoms with Gasteiger partial charge in [-0.3, -0.25) is 14.4 Å². The first-order valence-electron chi connectivity index (χ1n) is 12.5. The second-order valence-electron chi connectivity index (χ2n) is 10.9. The molecule has 1 saturated heterocycles. The van der Waals surface area contributed by atoms with Gasteiger partial charge in [-0.1, -0.05) is 6.07 Å². The number of hydrogen-bond donors (Lipinski definition) is 3. The Bertz CT molecular complexity index is 968. The lowest BCUT2D eigenvalue weighted by atomic mass is 9.52. The number of carbonyl (C=O) groups is 3. The van der Waals surface area contributed by atoms with Crippen molar-refractivity contribution in [1.82, 2.24) is 15.2 Å². The number of carbonyl (C=O) groups excluding carboxylic acids is 2. The lowest BCUT2D eigenvalue weighted by Crippen LogP contribution is -2.61. The average Bonchev–Trinajstić information content (AvgIpc) is 2.78. The third-order valence-corrected chi connectivity index (χ3v) is 8.33. The highest BCUT2D eigenvalue weighted by Crippen LogP contribution is 2.55. The molecule has 9 nitrogen and oxygen atoms in total. The van der Waals surface area contributed by atoms with Gasteiger partial charge in [-0.2, -0.15) is 0 Å². The number of piperazine rings is 1. The van der Waals surface area contributed by atoms with Gasteiger partial charge < -0.3 is 25.3 Å². The van der Waals surface area contributed by atoms with Crippen LogP contribution in [0.4, 0.5) is 5.82 Å². The van der Waals surface area contributed by atoms with E-state index in [1.165, 1.54) is 0 Å². The van der Waals surface area contributed by atoms with Crippen LogP contribution in [0.1, 0.15) is 62.4 Å². The van der Waals surface area contributed by atoms with Gasteiger partial charge in [0.25, 0.3) is 5.91 Å². The fourth-order valence-corrected chi connectivity index (χ4v) is 7.05. The molecule has 1 aromatic heterocycles. The highest BCUT2D eigenvalue weighted by atomic mass is 16.4. The fourth-order valence-electron chi connectivity index (χ4n) is 7.05. The molecule has 4 saturated carbocycles. The van der Waals surface area contributed by atoms with E-state index < -0.39 is 11.6 Å². The molecular weight excluding hydrogens is 436 g/mol. The molecule has 5 fully saturated rings. The van der Waals surface area contributed by atoms with Gasteiger partial charge in [0.2, 0.25) is 5.91 Å². The second-order valence-corrected chi connectivity index (χ2v) is 10.9. The van der Waals surface area contributed by atoms with Gasteiger partial charge in [0, 0.05) is 38.1 Å². The molecule has 2 amide bonds. The van der Waals surface area contributed by atoms with Crippen molar-refractivity contribution >= 4 is 23.6 Å². The molecule has 4 bridgehead atoms. The molecule has 1 aromatic rings. The number of nitrogens with zero attached hydrogens (tertiary/aromatic N) is 3. The minimum Gasteiger partial charge on any atom is -0.481 e. The number of amides is 2. The van der Waals surface area contributed by atoms with E-state index in [9.17, 15) is 19.5 Å². The summed E-state index contributed by atoms with van der Waals surface area (Å²) in [6, 6.07) is 5.56. The maximum Gasteiger partial charge on any atom is 0.303 e. The molecule has 0 spiro atoms. The van der Waals surface area contributed by atoms with Gasteiger partial charge in [-0.25, -0.2) is 4.98 Å². The summed E-state index contributed by atoms with van der Waals surface area (Å²) in [5.41, 5.74) is -0.138. The second kappa shape index (κ2) is 8.83. The summed E-state index contributed by atoms with van der Waals surface area (Å²) in [5.74, 6) is 0.705. The first-order valence-corrected chi connectivity index (χ1v) is 12.5. The van der Waals surface area contributed by atoms with E-state index in [2.05, 4.69) is 15.2 Å². The number of carboxylic acids is 1. The number of nitrogens with one attached hydrogen (secondary N) is 1. The Balaban J connectivity index is 1.21. The summed E-state index contributed by atoms with van der Waals surface area (Å²) >= 11 is 0. The molecule has 6 rings (SSSR count). The Hall–Kier alpha value is -2.68. The molecular formula is C25H34N4O5.